The maximum Gasteiger partial charge on any atom is 0.380 e. The van der Waals surface area contributed by atoms with E-state index in [0.717, 1.165) is 0 Å². The number of alkyl halides is 8. The molecule has 0 saturated carbocycles. The van der Waals surface area contributed by atoms with Crippen molar-refractivity contribution in [2.75, 3.05) is 19.8 Å². The highest BCUT2D eigenvalue weighted by molar-refractivity contribution is 5.90. The standard InChI is InChI=1S/C15H14F8O7/c1-2-10(26)29-6-8(30-11(27)4-3-9(24)25)5-28-7-13(18,19)15(22,23)14(20,21)12(16)17/h2-4,8,12H,1,5-7H2,(H,24,25)/b4-3-. The molecule has 1 N–H and O–H groups in total. The van der Waals surface area contributed by atoms with Crippen molar-refractivity contribution >= 4 is 17.9 Å². The van der Waals surface area contributed by atoms with Crippen LogP contribution in [-0.2, 0) is 28.6 Å². The van der Waals surface area contributed by atoms with E-state index >= 15 is 0 Å². The van der Waals surface area contributed by atoms with E-state index in [-0.39, 0.29) is 0 Å². The first-order valence-corrected chi connectivity index (χ1v) is 7.48. The number of carboxylic acids is 1. The minimum Gasteiger partial charge on any atom is -0.478 e. The lowest BCUT2D eigenvalue weighted by atomic mass is 10.1. The molecule has 0 amide bonds. The molecule has 15 heteroatoms. The molecule has 0 bridgehead atoms. The second-order valence-electron chi connectivity index (χ2n) is 5.28. The third-order valence-electron chi connectivity index (χ3n) is 2.96. The Kier molecular flexibility index (Phi) is 9.91. The van der Waals surface area contributed by atoms with Gasteiger partial charge in [-0.05, 0) is 0 Å². The van der Waals surface area contributed by atoms with Crippen LogP contribution in [0.5, 0.6) is 0 Å². The highest BCUT2D eigenvalue weighted by Crippen LogP contribution is 2.48. The zero-order valence-corrected chi connectivity index (χ0v) is 14.6. The van der Waals surface area contributed by atoms with Gasteiger partial charge >= 0.3 is 42.1 Å². The first-order valence-electron chi connectivity index (χ1n) is 7.48. The molecule has 30 heavy (non-hydrogen) atoms. The van der Waals surface area contributed by atoms with Gasteiger partial charge in [0.15, 0.2) is 6.10 Å². The molecule has 0 aromatic heterocycles. The highest BCUT2D eigenvalue weighted by atomic mass is 19.4. The Hall–Kier alpha value is -2.71. The van der Waals surface area contributed by atoms with Crippen LogP contribution in [0.2, 0.25) is 0 Å². The molecule has 0 heterocycles. The molecular formula is C15H14F8O7. The summed E-state index contributed by atoms with van der Waals surface area (Å²) in [5.74, 6) is -22.8. The molecular weight excluding hydrogens is 444 g/mol. The number of halogens is 8. The maximum atomic E-state index is 13.4. The SMILES string of the molecule is C=CC(=O)OCC(COCC(F)(F)C(F)(F)C(F)(F)C(F)F)OC(=O)/C=C\C(=O)O. The minimum absolute atomic E-state index is 0.303. The summed E-state index contributed by atoms with van der Waals surface area (Å²) in [6.45, 7) is -1.67. The lowest BCUT2D eigenvalue weighted by Gasteiger charge is -2.32. The van der Waals surface area contributed by atoms with Crippen molar-refractivity contribution in [2.45, 2.75) is 30.3 Å². The van der Waals surface area contributed by atoms with Gasteiger partial charge < -0.3 is 19.3 Å². The molecule has 0 rings (SSSR count). The predicted octanol–water partition coefficient (Wildman–Crippen LogP) is 2.46. The summed E-state index contributed by atoms with van der Waals surface area (Å²) in [4.78, 5) is 32.6. The van der Waals surface area contributed by atoms with Crippen LogP contribution in [-0.4, -0.2) is 73.1 Å². The van der Waals surface area contributed by atoms with Crippen LogP contribution in [0.15, 0.2) is 24.8 Å². The second kappa shape index (κ2) is 10.9. The Morgan fingerprint density at radius 2 is 1.53 bits per heavy atom. The minimum atomic E-state index is -6.50. The summed E-state index contributed by atoms with van der Waals surface area (Å²) in [7, 11) is 0. The van der Waals surface area contributed by atoms with Gasteiger partial charge in [-0.1, -0.05) is 6.58 Å². The van der Waals surface area contributed by atoms with Crippen LogP contribution in [0.4, 0.5) is 35.1 Å². The summed E-state index contributed by atoms with van der Waals surface area (Å²) in [5.41, 5.74) is 0. The van der Waals surface area contributed by atoms with E-state index in [1.807, 2.05) is 0 Å². The normalized spacial score (nSPS) is 13.9. The zero-order chi connectivity index (χ0) is 23.8. The summed E-state index contributed by atoms with van der Waals surface area (Å²) < 4.78 is 116. The van der Waals surface area contributed by atoms with E-state index in [9.17, 15) is 49.5 Å². The summed E-state index contributed by atoms with van der Waals surface area (Å²) in [6, 6.07) is 0. The first-order chi connectivity index (χ1) is 13.6. The fraction of sp³-hybridized carbons (Fsp3) is 0.533. The van der Waals surface area contributed by atoms with Crippen LogP contribution >= 0.6 is 0 Å². The lowest BCUT2D eigenvalue weighted by Crippen LogP contribution is -2.59. The topological polar surface area (TPSA) is 99.1 Å². The number of carboxylic acid groups (broad SMARTS) is 1. The Balaban J connectivity index is 5.15. The number of aliphatic carboxylic acids is 1. The molecule has 1 atom stereocenters. The molecule has 0 aliphatic heterocycles. The molecule has 0 aromatic rings. The van der Waals surface area contributed by atoms with Crippen molar-refractivity contribution in [3.8, 4) is 0 Å². The third kappa shape index (κ3) is 7.61. The van der Waals surface area contributed by atoms with Crippen molar-refractivity contribution in [2.24, 2.45) is 0 Å². The predicted molar refractivity (Wildman–Crippen MR) is 79.5 cm³/mol. The van der Waals surface area contributed by atoms with E-state index in [1.54, 1.807) is 0 Å². The molecule has 0 aliphatic carbocycles. The molecule has 7 nitrogen and oxygen atoms in total. The molecule has 172 valence electrons. The van der Waals surface area contributed by atoms with Crippen molar-refractivity contribution < 1.29 is 68.8 Å². The van der Waals surface area contributed by atoms with Gasteiger partial charge in [0.2, 0.25) is 0 Å². The van der Waals surface area contributed by atoms with Gasteiger partial charge in [-0.3, -0.25) is 0 Å². The molecule has 1 unspecified atom stereocenters. The zero-order valence-electron chi connectivity index (χ0n) is 14.6. The molecule has 0 spiro atoms. The van der Waals surface area contributed by atoms with Crippen LogP contribution in [0.1, 0.15) is 0 Å². The van der Waals surface area contributed by atoms with E-state index < -0.39 is 68.0 Å². The van der Waals surface area contributed by atoms with Gasteiger partial charge in [0.05, 0.1) is 6.61 Å². The first kappa shape index (κ1) is 27.3. The van der Waals surface area contributed by atoms with Gasteiger partial charge in [-0.25, -0.2) is 23.2 Å². The van der Waals surface area contributed by atoms with Gasteiger partial charge in [-0.15, -0.1) is 0 Å². The average molecular weight is 458 g/mol. The number of esters is 2. The molecule has 0 saturated heterocycles. The summed E-state index contributed by atoms with van der Waals surface area (Å²) in [5, 5.41) is 8.35. The average Bonchev–Trinajstić information content (AvgIpc) is 2.63. The summed E-state index contributed by atoms with van der Waals surface area (Å²) in [6.07, 6.45) is -5.62. The van der Waals surface area contributed by atoms with Gasteiger partial charge in [0.25, 0.3) is 0 Å². The molecule has 0 radical (unpaired) electrons. The third-order valence-corrected chi connectivity index (χ3v) is 2.96. The highest BCUT2D eigenvalue weighted by Gasteiger charge is 2.75. The summed E-state index contributed by atoms with van der Waals surface area (Å²) >= 11 is 0. The lowest BCUT2D eigenvalue weighted by molar-refractivity contribution is -0.346. The fourth-order valence-electron chi connectivity index (χ4n) is 1.48. The van der Waals surface area contributed by atoms with Crippen LogP contribution in [0, 0.1) is 0 Å². The van der Waals surface area contributed by atoms with Crippen molar-refractivity contribution in [3.05, 3.63) is 24.8 Å². The number of carbonyl (C=O) groups excluding carboxylic acids is 2. The number of ether oxygens (including phenoxy) is 3. The van der Waals surface area contributed by atoms with E-state index in [1.165, 1.54) is 0 Å². The Morgan fingerprint density at radius 1 is 0.967 bits per heavy atom. The van der Waals surface area contributed by atoms with E-state index in [2.05, 4.69) is 20.8 Å². The Morgan fingerprint density at radius 3 is 2.00 bits per heavy atom. The number of carbonyl (C=O) groups is 3. The maximum absolute atomic E-state index is 13.4. The van der Waals surface area contributed by atoms with Crippen LogP contribution in [0.25, 0.3) is 0 Å². The van der Waals surface area contributed by atoms with Crippen LogP contribution < -0.4 is 0 Å². The van der Waals surface area contributed by atoms with Crippen molar-refractivity contribution in [3.63, 3.8) is 0 Å². The van der Waals surface area contributed by atoms with Crippen molar-refractivity contribution in [1.82, 2.24) is 0 Å². The smallest absolute Gasteiger partial charge is 0.380 e. The molecule has 0 aromatic carbocycles. The van der Waals surface area contributed by atoms with Crippen LogP contribution in [0.3, 0.4) is 0 Å². The number of hydrogen-bond acceptors (Lipinski definition) is 6. The quantitative estimate of drug-likeness (QED) is 0.257. The van der Waals surface area contributed by atoms with Crippen molar-refractivity contribution in [1.29, 1.82) is 0 Å². The molecule has 0 aliphatic rings. The number of rotatable bonds is 13. The van der Waals surface area contributed by atoms with E-state index in [4.69, 9.17) is 5.11 Å². The largest absolute Gasteiger partial charge is 0.478 e. The van der Waals surface area contributed by atoms with Gasteiger partial charge in [0, 0.05) is 18.2 Å². The second-order valence-corrected chi connectivity index (χ2v) is 5.28. The van der Waals surface area contributed by atoms with Gasteiger partial charge in [-0.2, -0.15) is 26.3 Å². The number of hydrogen-bond donors (Lipinski definition) is 1. The molecule has 0 fully saturated rings. The van der Waals surface area contributed by atoms with Gasteiger partial charge in [0.1, 0.15) is 13.2 Å². The Labute approximate surface area is 162 Å². The Bertz CT molecular complexity index is 663. The van der Waals surface area contributed by atoms with E-state index in [0.29, 0.717) is 18.2 Å². The monoisotopic (exact) mass is 458 g/mol. The fourth-order valence-corrected chi connectivity index (χ4v) is 1.48.